The Morgan fingerprint density at radius 1 is 1.11 bits per heavy atom. The fourth-order valence-corrected chi connectivity index (χ4v) is 2.67. The van der Waals surface area contributed by atoms with E-state index in [4.69, 9.17) is 32.7 Å². The van der Waals surface area contributed by atoms with Crippen molar-refractivity contribution >= 4 is 35.1 Å². The smallest absolute Gasteiger partial charge is 0.340 e. The number of halogens is 3. The van der Waals surface area contributed by atoms with E-state index in [2.05, 4.69) is 0 Å². The lowest BCUT2D eigenvalue weighted by Crippen LogP contribution is -2.30. The van der Waals surface area contributed by atoms with Crippen LogP contribution in [-0.4, -0.2) is 37.0 Å². The summed E-state index contributed by atoms with van der Waals surface area (Å²) in [6, 6.07) is 9.30. The lowest BCUT2D eigenvalue weighted by Gasteiger charge is -2.17. The Morgan fingerprint density at radius 2 is 1.78 bits per heavy atom. The van der Waals surface area contributed by atoms with E-state index in [1.807, 2.05) is 31.2 Å². The van der Waals surface area contributed by atoms with Crippen molar-refractivity contribution in [1.29, 1.82) is 0 Å². The van der Waals surface area contributed by atoms with Crippen LogP contribution in [0.5, 0.6) is 5.75 Å². The first-order valence-corrected chi connectivity index (χ1v) is 8.84. The lowest BCUT2D eigenvalue weighted by atomic mass is 10.2. The number of carbonyl (C=O) groups excluding carboxylic acids is 2. The van der Waals surface area contributed by atoms with Crippen molar-refractivity contribution in [3.63, 3.8) is 0 Å². The fraction of sp³-hybridized carbons (Fsp3) is 0.263. The summed E-state index contributed by atoms with van der Waals surface area (Å²) >= 11 is 11.4. The zero-order chi connectivity index (χ0) is 20.0. The van der Waals surface area contributed by atoms with Crippen molar-refractivity contribution in [3.05, 3.63) is 63.4 Å². The van der Waals surface area contributed by atoms with Crippen molar-refractivity contribution in [3.8, 4) is 5.75 Å². The molecule has 27 heavy (non-hydrogen) atoms. The highest BCUT2D eigenvalue weighted by molar-refractivity contribution is 6.36. The van der Waals surface area contributed by atoms with E-state index in [-0.39, 0.29) is 15.6 Å². The molecule has 0 spiro atoms. The average molecular weight is 414 g/mol. The molecular formula is C19H18Cl2FNO4. The molecular weight excluding hydrogens is 396 g/mol. The number of carbonyl (C=O) groups is 2. The van der Waals surface area contributed by atoms with Gasteiger partial charge in [-0.2, -0.15) is 0 Å². The van der Waals surface area contributed by atoms with E-state index in [1.165, 1.54) is 4.90 Å². The lowest BCUT2D eigenvalue weighted by molar-refractivity contribution is -0.133. The van der Waals surface area contributed by atoms with Gasteiger partial charge in [0.25, 0.3) is 5.91 Å². The molecule has 2 aromatic rings. The summed E-state index contributed by atoms with van der Waals surface area (Å²) in [6.07, 6.45) is 0. The van der Waals surface area contributed by atoms with Gasteiger partial charge in [0.15, 0.2) is 6.61 Å². The maximum Gasteiger partial charge on any atom is 0.340 e. The number of esters is 1. The topological polar surface area (TPSA) is 55.8 Å². The quantitative estimate of drug-likeness (QED) is 0.500. The fourth-order valence-electron chi connectivity index (χ4n) is 2.21. The summed E-state index contributed by atoms with van der Waals surface area (Å²) in [6.45, 7) is 2.31. The van der Waals surface area contributed by atoms with Crippen LogP contribution < -0.4 is 4.74 Å². The molecule has 2 rings (SSSR count). The molecule has 5 nitrogen and oxygen atoms in total. The summed E-state index contributed by atoms with van der Waals surface area (Å²) in [5, 5.41) is -0.260. The predicted octanol–water partition coefficient (Wildman–Crippen LogP) is 4.35. The van der Waals surface area contributed by atoms with Crippen molar-refractivity contribution < 1.29 is 23.5 Å². The summed E-state index contributed by atoms with van der Waals surface area (Å²) in [4.78, 5) is 25.6. The van der Waals surface area contributed by atoms with Gasteiger partial charge in [-0.1, -0.05) is 35.3 Å². The second-order valence-electron chi connectivity index (χ2n) is 5.65. The summed E-state index contributed by atoms with van der Waals surface area (Å²) in [5.41, 5.74) is 0.698. The van der Waals surface area contributed by atoms with Crippen molar-refractivity contribution in [2.45, 2.75) is 13.5 Å². The first-order valence-electron chi connectivity index (χ1n) is 8.09. The Labute approximate surface area is 166 Å². The van der Waals surface area contributed by atoms with Gasteiger partial charge >= 0.3 is 5.97 Å². The number of hydrogen-bond acceptors (Lipinski definition) is 4. The van der Waals surface area contributed by atoms with Crippen LogP contribution in [0.25, 0.3) is 0 Å². The molecule has 0 aromatic heterocycles. The Balaban J connectivity index is 1.90. The molecule has 2 aromatic carbocycles. The monoisotopic (exact) mass is 413 g/mol. The number of amides is 1. The van der Waals surface area contributed by atoms with Gasteiger partial charge in [-0.3, -0.25) is 4.79 Å². The standard InChI is InChI=1S/C19H18Cl2FNO4/c1-3-26-13-6-4-12(5-7-13)10-23(2)18(24)11-27-19(25)14-8-17(22)16(21)9-15(14)20/h4-9H,3,10-11H2,1-2H3. The van der Waals surface area contributed by atoms with Crippen molar-refractivity contribution in [1.82, 2.24) is 4.90 Å². The van der Waals surface area contributed by atoms with Crippen molar-refractivity contribution in [2.24, 2.45) is 0 Å². The molecule has 1 amide bonds. The molecule has 144 valence electrons. The van der Waals surface area contributed by atoms with Crippen LogP contribution in [-0.2, 0) is 16.1 Å². The van der Waals surface area contributed by atoms with Crippen LogP contribution in [0.3, 0.4) is 0 Å². The molecule has 0 aliphatic carbocycles. The minimum atomic E-state index is -0.904. The van der Waals surface area contributed by atoms with E-state index >= 15 is 0 Å². The van der Waals surface area contributed by atoms with Gasteiger partial charge in [0.05, 0.1) is 22.2 Å². The van der Waals surface area contributed by atoms with Gasteiger partial charge in [0.1, 0.15) is 11.6 Å². The van der Waals surface area contributed by atoms with E-state index < -0.39 is 24.3 Å². The third kappa shape index (κ3) is 5.84. The minimum absolute atomic E-state index is 0.0541. The molecule has 0 aliphatic heterocycles. The largest absolute Gasteiger partial charge is 0.494 e. The Kier molecular flexibility index (Phi) is 7.45. The van der Waals surface area contributed by atoms with Crippen molar-refractivity contribution in [2.75, 3.05) is 20.3 Å². The second-order valence-corrected chi connectivity index (χ2v) is 6.46. The van der Waals surface area contributed by atoms with Crippen LogP contribution >= 0.6 is 23.2 Å². The Bertz CT molecular complexity index is 827. The van der Waals surface area contributed by atoms with Crippen LogP contribution in [0.15, 0.2) is 36.4 Å². The number of rotatable bonds is 7. The first-order chi connectivity index (χ1) is 12.8. The van der Waals surface area contributed by atoms with E-state index in [1.54, 1.807) is 7.05 Å². The molecule has 0 heterocycles. The van der Waals surface area contributed by atoms with Gasteiger partial charge in [-0.05, 0) is 36.8 Å². The zero-order valence-electron chi connectivity index (χ0n) is 14.8. The summed E-state index contributed by atoms with van der Waals surface area (Å²) < 4.78 is 23.8. The Hall–Kier alpha value is -2.31. The van der Waals surface area contributed by atoms with E-state index in [9.17, 15) is 14.0 Å². The van der Waals surface area contributed by atoms with Gasteiger partial charge in [-0.25, -0.2) is 9.18 Å². The molecule has 8 heteroatoms. The zero-order valence-corrected chi connectivity index (χ0v) is 16.3. The predicted molar refractivity (Wildman–Crippen MR) is 101 cm³/mol. The highest BCUT2D eigenvalue weighted by atomic mass is 35.5. The van der Waals surface area contributed by atoms with Crippen LogP contribution in [0, 0.1) is 5.82 Å². The molecule has 0 N–H and O–H groups in total. The number of benzene rings is 2. The number of likely N-dealkylation sites (N-methyl/N-ethyl adjacent to an activating group) is 1. The third-order valence-corrected chi connectivity index (χ3v) is 4.24. The molecule has 0 atom stereocenters. The second kappa shape index (κ2) is 9.58. The highest BCUT2D eigenvalue weighted by Crippen LogP contribution is 2.25. The molecule has 0 unspecified atom stereocenters. The van der Waals surface area contributed by atoms with E-state index in [0.29, 0.717) is 13.2 Å². The maximum atomic E-state index is 13.5. The molecule has 0 aliphatic rings. The number of nitrogens with zero attached hydrogens (tertiary/aromatic N) is 1. The van der Waals surface area contributed by atoms with Crippen LogP contribution in [0.1, 0.15) is 22.8 Å². The van der Waals surface area contributed by atoms with Gasteiger partial charge in [0.2, 0.25) is 0 Å². The molecule has 0 saturated carbocycles. The van der Waals surface area contributed by atoms with Crippen LogP contribution in [0.2, 0.25) is 10.0 Å². The van der Waals surface area contributed by atoms with Crippen LogP contribution in [0.4, 0.5) is 4.39 Å². The Morgan fingerprint density at radius 3 is 2.41 bits per heavy atom. The minimum Gasteiger partial charge on any atom is -0.494 e. The third-order valence-electron chi connectivity index (χ3n) is 3.64. The molecule has 0 fully saturated rings. The highest BCUT2D eigenvalue weighted by Gasteiger charge is 2.18. The molecule has 0 radical (unpaired) electrons. The van der Waals surface area contributed by atoms with E-state index in [0.717, 1.165) is 23.4 Å². The number of ether oxygens (including phenoxy) is 2. The summed E-state index contributed by atoms with van der Waals surface area (Å²) in [5.74, 6) is -1.37. The van der Waals surface area contributed by atoms with Gasteiger partial charge in [-0.15, -0.1) is 0 Å². The average Bonchev–Trinajstić information content (AvgIpc) is 2.64. The summed E-state index contributed by atoms with van der Waals surface area (Å²) in [7, 11) is 1.58. The van der Waals surface area contributed by atoms with Gasteiger partial charge in [0, 0.05) is 13.6 Å². The van der Waals surface area contributed by atoms with Gasteiger partial charge < -0.3 is 14.4 Å². The molecule has 0 saturated heterocycles. The normalized spacial score (nSPS) is 10.4. The molecule has 0 bridgehead atoms. The number of hydrogen-bond donors (Lipinski definition) is 0. The first kappa shape index (κ1) is 21.0. The maximum absolute atomic E-state index is 13.5. The SMILES string of the molecule is CCOc1ccc(CN(C)C(=O)COC(=O)c2cc(F)c(Cl)cc2Cl)cc1.